The summed E-state index contributed by atoms with van der Waals surface area (Å²) in [6.07, 6.45) is 3.09. The van der Waals surface area contributed by atoms with Crippen LogP contribution in [0.2, 0.25) is 0 Å². The molecule has 4 heteroatoms. The molecule has 0 aliphatic rings. The standard InChI is InChI=1S/C22H28N2O2/c1-6-20(25-5)16-7-8-17(14-23-3)22(13-16)26-21-10-9-19-18(15(21)2)11-12-24(19)4/h7-13,20,23H,6,14H2,1-5H3. The molecule has 0 saturated carbocycles. The summed E-state index contributed by atoms with van der Waals surface area (Å²) in [6, 6.07) is 12.7. The van der Waals surface area contributed by atoms with Crippen LogP contribution in [0.25, 0.3) is 10.9 Å². The SMILES string of the molecule is CCC(OC)c1ccc(CNC)c(Oc2ccc3c(ccn3C)c2C)c1. The molecule has 0 aliphatic carbocycles. The van der Waals surface area contributed by atoms with Crippen LogP contribution in [0, 0.1) is 6.92 Å². The number of aromatic nitrogens is 1. The first-order valence-corrected chi connectivity index (χ1v) is 9.11. The number of methoxy groups -OCH3 is 1. The summed E-state index contributed by atoms with van der Waals surface area (Å²) >= 11 is 0. The van der Waals surface area contributed by atoms with Gasteiger partial charge in [-0.15, -0.1) is 0 Å². The van der Waals surface area contributed by atoms with Gasteiger partial charge in [0.2, 0.25) is 0 Å². The molecule has 1 unspecified atom stereocenters. The van der Waals surface area contributed by atoms with Crippen LogP contribution >= 0.6 is 0 Å². The average molecular weight is 352 g/mol. The predicted octanol–water partition coefficient (Wildman–Crippen LogP) is 5.10. The average Bonchev–Trinajstić information content (AvgIpc) is 3.02. The van der Waals surface area contributed by atoms with Gasteiger partial charge in [0.05, 0.1) is 6.10 Å². The van der Waals surface area contributed by atoms with Gasteiger partial charge in [-0.05, 0) is 50.2 Å². The van der Waals surface area contributed by atoms with E-state index in [-0.39, 0.29) is 6.10 Å². The lowest BCUT2D eigenvalue weighted by molar-refractivity contribution is 0.0998. The molecule has 1 atom stereocenters. The second kappa shape index (κ2) is 7.94. The first kappa shape index (κ1) is 18.5. The number of ether oxygens (including phenoxy) is 2. The van der Waals surface area contributed by atoms with E-state index >= 15 is 0 Å². The monoisotopic (exact) mass is 352 g/mol. The Labute approximate surface area is 155 Å². The Kier molecular flexibility index (Phi) is 5.64. The van der Waals surface area contributed by atoms with Gasteiger partial charge >= 0.3 is 0 Å². The third kappa shape index (κ3) is 3.48. The smallest absolute Gasteiger partial charge is 0.132 e. The molecule has 1 heterocycles. The first-order valence-electron chi connectivity index (χ1n) is 9.11. The number of benzene rings is 2. The molecular formula is C22H28N2O2. The van der Waals surface area contributed by atoms with E-state index in [4.69, 9.17) is 9.47 Å². The number of nitrogens with zero attached hydrogens (tertiary/aromatic N) is 1. The lowest BCUT2D eigenvalue weighted by Gasteiger charge is -2.18. The highest BCUT2D eigenvalue weighted by molar-refractivity contribution is 5.85. The summed E-state index contributed by atoms with van der Waals surface area (Å²) in [7, 11) is 5.76. The minimum atomic E-state index is 0.0821. The quantitative estimate of drug-likeness (QED) is 0.643. The molecule has 0 fully saturated rings. The second-order valence-corrected chi connectivity index (χ2v) is 6.68. The molecule has 0 spiro atoms. The van der Waals surface area contributed by atoms with Crippen molar-refractivity contribution in [2.75, 3.05) is 14.2 Å². The van der Waals surface area contributed by atoms with Crippen LogP contribution in [-0.2, 0) is 18.3 Å². The largest absolute Gasteiger partial charge is 0.457 e. The number of nitrogens with one attached hydrogen (secondary N) is 1. The summed E-state index contributed by atoms with van der Waals surface area (Å²) in [5.74, 6) is 1.77. The normalized spacial score (nSPS) is 12.5. The Morgan fingerprint density at radius 2 is 1.92 bits per heavy atom. The summed E-state index contributed by atoms with van der Waals surface area (Å²) in [4.78, 5) is 0. The van der Waals surface area contributed by atoms with Gasteiger partial charge in [0.25, 0.3) is 0 Å². The number of hydrogen-bond donors (Lipinski definition) is 1. The Balaban J connectivity index is 2.02. The summed E-state index contributed by atoms with van der Waals surface area (Å²) in [5.41, 5.74) is 4.64. The van der Waals surface area contributed by atoms with Gasteiger partial charge in [-0.3, -0.25) is 0 Å². The van der Waals surface area contributed by atoms with Gasteiger partial charge in [-0.2, -0.15) is 0 Å². The molecule has 0 amide bonds. The molecular weight excluding hydrogens is 324 g/mol. The molecule has 26 heavy (non-hydrogen) atoms. The van der Waals surface area contributed by atoms with Gasteiger partial charge in [-0.25, -0.2) is 0 Å². The van der Waals surface area contributed by atoms with E-state index in [9.17, 15) is 0 Å². The molecule has 4 nitrogen and oxygen atoms in total. The number of hydrogen-bond acceptors (Lipinski definition) is 3. The fraction of sp³-hybridized carbons (Fsp3) is 0.364. The fourth-order valence-electron chi connectivity index (χ4n) is 3.45. The van der Waals surface area contributed by atoms with Crippen LogP contribution in [-0.4, -0.2) is 18.7 Å². The topological polar surface area (TPSA) is 35.4 Å². The van der Waals surface area contributed by atoms with E-state index in [1.165, 1.54) is 10.9 Å². The molecule has 0 bridgehead atoms. The van der Waals surface area contributed by atoms with Crippen molar-refractivity contribution >= 4 is 10.9 Å². The van der Waals surface area contributed by atoms with Crippen molar-refractivity contribution in [3.63, 3.8) is 0 Å². The molecule has 3 rings (SSSR count). The van der Waals surface area contributed by atoms with E-state index in [2.05, 4.69) is 73.4 Å². The van der Waals surface area contributed by atoms with Gasteiger partial charge in [0.1, 0.15) is 11.5 Å². The van der Waals surface area contributed by atoms with Crippen LogP contribution in [0.15, 0.2) is 42.6 Å². The summed E-state index contributed by atoms with van der Waals surface area (Å²) < 4.78 is 14.1. The second-order valence-electron chi connectivity index (χ2n) is 6.68. The van der Waals surface area contributed by atoms with Crippen molar-refractivity contribution < 1.29 is 9.47 Å². The van der Waals surface area contributed by atoms with Crippen LogP contribution in [0.4, 0.5) is 0 Å². The summed E-state index contributed by atoms with van der Waals surface area (Å²) in [6.45, 7) is 5.00. The molecule has 0 radical (unpaired) electrons. The van der Waals surface area contributed by atoms with Gasteiger partial charge in [0, 0.05) is 48.9 Å². The number of rotatable bonds is 7. The Morgan fingerprint density at radius 3 is 2.62 bits per heavy atom. The minimum Gasteiger partial charge on any atom is -0.457 e. The molecule has 1 N–H and O–H groups in total. The first-order chi connectivity index (χ1) is 12.6. The van der Waals surface area contributed by atoms with Crippen LogP contribution < -0.4 is 10.1 Å². The highest BCUT2D eigenvalue weighted by Gasteiger charge is 2.14. The van der Waals surface area contributed by atoms with E-state index in [0.29, 0.717) is 0 Å². The lowest BCUT2D eigenvalue weighted by atomic mass is 10.0. The van der Waals surface area contributed by atoms with Crippen molar-refractivity contribution in [3.8, 4) is 11.5 Å². The molecule has 0 saturated heterocycles. The lowest BCUT2D eigenvalue weighted by Crippen LogP contribution is -2.08. The van der Waals surface area contributed by atoms with Gasteiger partial charge in [-0.1, -0.05) is 19.1 Å². The zero-order chi connectivity index (χ0) is 18.7. The highest BCUT2D eigenvalue weighted by atomic mass is 16.5. The van der Waals surface area contributed by atoms with E-state index < -0.39 is 0 Å². The zero-order valence-corrected chi connectivity index (χ0v) is 16.3. The van der Waals surface area contributed by atoms with Crippen molar-refractivity contribution in [2.24, 2.45) is 7.05 Å². The fourth-order valence-corrected chi connectivity index (χ4v) is 3.45. The third-order valence-electron chi connectivity index (χ3n) is 4.99. The maximum atomic E-state index is 6.39. The molecule has 3 aromatic rings. The van der Waals surface area contributed by atoms with Crippen molar-refractivity contribution in [1.29, 1.82) is 0 Å². The Hall–Kier alpha value is -2.30. The maximum absolute atomic E-state index is 6.39. The molecule has 0 aliphatic heterocycles. The maximum Gasteiger partial charge on any atom is 0.132 e. The highest BCUT2D eigenvalue weighted by Crippen LogP contribution is 2.34. The third-order valence-corrected chi connectivity index (χ3v) is 4.99. The van der Waals surface area contributed by atoms with E-state index in [0.717, 1.165) is 41.2 Å². The Morgan fingerprint density at radius 1 is 1.12 bits per heavy atom. The predicted molar refractivity (Wildman–Crippen MR) is 107 cm³/mol. The zero-order valence-electron chi connectivity index (χ0n) is 16.3. The van der Waals surface area contributed by atoms with E-state index in [1.807, 2.05) is 7.05 Å². The van der Waals surface area contributed by atoms with Crippen LogP contribution in [0.3, 0.4) is 0 Å². The molecule has 138 valence electrons. The number of aryl methyl sites for hydroxylation is 2. The molecule has 2 aromatic carbocycles. The van der Waals surface area contributed by atoms with Crippen molar-refractivity contribution in [3.05, 3.63) is 59.3 Å². The van der Waals surface area contributed by atoms with Crippen molar-refractivity contribution in [1.82, 2.24) is 9.88 Å². The van der Waals surface area contributed by atoms with Gasteiger partial charge < -0.3 is 19.4 Å². The van der Waals surface area contributed by atoms with Gasteiger partial charge in [0.15, 0.2) is 0 Å². The van der Waals surface area contributed by atoms with Crippen LogP contribution in [0.1, 0.15) is 36.1 Å². The number of fused-ring (bicyclic) bond motifs is 1. The van der Waals surface area contributed by atoms with E-state index in [1.54, 1.807) is 7.11 Å². The van der Waals surface area contributed by atoms with Crippen LogP contribution in [0.5, 0.6) is 11.5 Å². The minimum absolute atomic E-state index is 0.0821. The Bertz CT molecular complexity index is 895. The summed E-state index contributed by atoms with van der Waals surface area (Å²) in [5, 5.41) is 4.44. The van der Waals surface area contributed by atoms with Crippen molar-refractivity contribution in [2.45, 2.75) is 32.9 Å². The molecule has 1 aromatic heterocycles.